The normalized spacial score (nSPS) is 25.0. The standard InChI is InChI=1S/C10H20ClN2O3P/c11-1-10-17(14,12-2-6-15-7-3-12)13-4-8-16-9-5-13/h1-10H2. The summed E-state index contributed by atoms with van der Waals surface area (Å²) in [5, 5.41) is 0. The van der Waals surface area contributed by atoms with Gasteiger partial charge in [-0.3, -0.25) is 4.57 Å². The summed E-state index contributed by atoms with van der Waals surface area (Å²) < 4.78 is 28.0. The number of morpholine rings is 2. The highest BCUT2D eigenvalue weighted by Gasteiger charge is 2.37. The van der Waals surface area contributed by atoms with Crippen molar-refractivity contribution in [3.8, 4) is 0 Å². The van der Waals surface area contributed by atoms with Crippen LogP contribution in [-0.2, 0) is 14.0 Å². The number of nitrogens with zero attached hydrogens (tertiary/aromatic N) is 2. The first-order valence-corrected chi connectivity index (χ1v) is 8.42. The zero-order valence-electron chi connectivity index (χ0n) is 10.0. The van der Waals surface area contributed by atoms with Gasteiger partial charge in [-0.1, -0.05) is 0 Å². The molecule has 7 heteroatoms. The molecule has 100 valence electrons. The van der Waals surface area contributed by atoms with Gasteiger partial charge < -0.3 is 9.47 Å². The van der Waals surface area contributed by atoms with Crippen molar-refractivity contribution in [1.82, 2.24) is 9.34 Å². The van der Waals surface area contributed by atoms with E-state index in [2.05, 4.69) is 9.34 Å². The fourth-order valence-corrected chi connectivity index (χ4v) is 5.69. The quantitative estimate of drug-likeness (QED) is 0.570. The van der Waals surface area contributed by atoms with Gasteiger partial charge in [0.05, 0.1) is 26.4 Å². The van der Waals surface area contributed by atoms with Gasteiger partial charge in [0.1, 0.15) is 0 Å². The molecule has 0 unspecified atom stereocenters. The summed E-state index contributed by atoms with van der Waals surface area (Å²) in [6.45, 7) is 5.62. The molecule has 0 saturated carbocycles. The summed E-state index contributed by atoms with van der Waals surface area (Å²) in [5.74, 6) is 0.437. The maximum absolute atomic E-state index is 13.2. The molecular weight excluding hydrogens is 263 g/mol. The molecular formula is C10H20ClN2O3P. The van der Waals surface area contributed by atoms with E-state index >= 15 is 0 Å². The first-order valence-electron chi connectivity index (χ1n) is 6.09. The molecule has 0 radical (unpaired) electrons. The van der Waals surface area contributed by atoms with Crippen LogP contribution in [0.4, 0.5) is 0 Å². The molecule has 2 fully saturated rings. The van der Waals surface area contributed by atoms with Crippen LogP contribution in [0, 0.1) is 0 Å². The Hall–Kier alpha value is 0.360. The summed E-state index contributed by atoms with van der Waals surface area (Å²) in [6, 6.07) is 0. The lowest BCUT2D eigenvalue weighted by Crippen LogP contribution is -2.44. The van der Waals surface area contributed by atoms with Crippen LogP contribution >= 0.6 is 19.0 Å². The molecule has 0 aromatic heterocycles. The molecule has 2 rings (SSSR count). The fourth-order valence-electron chi connectivity index (χ4n) is 2.30. The van der Waals surface area contributed by atoms with Gasteiger partial charge in [-0.2, -0.15) is 0 Å². The van der Waals surface area contributed by atoms with E-state index in [0.29, 0.717) is 38.5 Å². The van der Waals surface area contributed by atoms with Crippen LogP contribution in [0.5, 0.6) is 0 Å². The lowest BCUT2D eigenvalue weighted by atomic mass is 10.5. The fraction of sp³-hybridized carbons (Fsp3) is 1.00. The minimum atomic E-state index is -2.50. The van der Waals surface area contributed by atoms with Crippen LogP contribution in [0.1, 0.15) is 0 Å². The smallest absolute Gasteiger partial charge is 0.218 e. The van der Waals surface area contributed by atoms with Crippen molar-refractivity contribution < 1.29 is 14.0 Å². The van der Waals surface area contributed by atoms with E-state index in [1.54, 1.807) is 0 Å². The molecule has 0 aromatic rings. The predicted molar refractivity (Wildman–Crippen MR) is 68.0 cm³/mol. The maximum atomic E-state index is 13.2. The molecule has 0 atom stereocenters. The van der Waals surface area contributed by atoms with E-state index < -0.39 is 7.44 Å². The van der Waals surface area contributed by atoms with Crippen LogP contribution in [0.3, 0.4) is 0 Å². The third kappa shape index (κ3) is 3.22. The van der Waals surface area contributed by atoms with Crippen molar-refractivity contribution in [2.24, 2.45) is 0 Å². The van der Waals surface area contributed by atoms with Crippen LogP contribution in [0.2, 0.25) is 0 Å². The third-order valence-corrected chi connectivity index (χ3v) is 7.06. The van der Waals surface area contributed by atoms with Gasteiger partial charge in [0, 0.05) is 38.2 Å². The Bertz CT molecular complexity index is 259. The number of rotatable bonds is 4. The Morgan fingerprint density at radius 1 is 0.941 bits per heavy atom. The van der Waals surface area contributed by atoms with E-state index in [1.807, 2.05) is 0 Å². The highest BCUT2D eigenvalue weighted by atomic mass is 35.5. The zero-order valence-corrected chi connectivity index (χ0v) is 11.7. The number of hydrogen-bond acceptors (Lipinski definition) is 3. The summed E-state index contributed by atoms with van der Waals surface area (Å²) in [5.41, 5.74) is 0. The Morgan fingerprint density at radius 2 is 1.35 bits per heavy atom. The summed E-state index contributed by atoms with van der Waals surface area (Å²) >= 11 is 5.84. The SMILES string of the molecule is O=P(CCCl)(N1CCOCC1)N1CCOCC1. The van der Waals surface area contributed by atoms with Gasteiger partial charge >= 0.3 is 0 Å². The second kappa shape index (κ2) is 6.50. The molecule has 2 aliphatic heterocycles. The molecule has 0 amide bonds. The summed E-state index contributed by atoms with van der Waals surface area (Å²) in [6.07, 6.45) is 0.550. The van der Waals surface area contributed by atoms with E-state index in [-0.39, 0.29) is 0 Å². The van der Waals surface area contributed by atoms with Crippen LogP contribution in [-0.4, -0.2) is 74.0 Å². The number of alkyl halides is 1. The van der Waals surface area contributed by atoms with Crippen LogP contribution < -0.4 is 0 Å². The van der Waals surface area contributed by atoms with Crippen molar-refractivity contribution in [2.75, 3.05) is 64.6 Å². The highest BCUT2D eigenvalue weighted by molar-refractivity contribution is 7.59. The number of ether oxygens (including phenoxy) is 2. The average molecular weight is 283 g/mol. The van der Waals surface area contributed by atoms with Crippen LogP contribution in [0.15, 0.2) is 0 Å². The lowest BCUT2D eigenvalue weighted by Gasteiger charge is -2.42. The van der Waals surface area contributed by atoms with Crippen molar-refractivity contribution in [2.45, 2.75) is 0 Å². The monoisotopic (exact) mass is 282 g/mol. The largest absolute Gasteiger partial charge is 0.379 e. The van der Waals surface area contributed by atoms with Gasteiger partial charge in [-0.05, 0) is 0 Å². The number of hydrogen-bond donors (Lipinski definition) is 0. The lowest BCUT2D eigenvalue weighted by molar-refractivity contribution is 0.0525. The second-order valence-corrected chi connectivity index (χ2v) is 7.50. The van der Waals surface area contributed by atoms with Gasteiger partial charge in [0.25, 0.3) is 0 Å². The molecule has 2 heterocycles. The molecule has 0 aliphatic carbocycles. The molecule has 17 heavy (non-hydrogen) atoms. The molecule has 0 bridgehead atoms. The van der Waals surface area contributed by atoms with Gasteiger partial charge in [0.2, 0.25) is 7.44 Å². The first kappa shape index (κ1) is 13.8. The molecule has 0 aromatic carbocycles. The third-order valence-electron chi connectivity index (χ3n) is 3.23. The molecule has 5 nitrogen and oxygen atoms in total. The van der Waals surface area contributed by atoms with Crippen molar-refractivity contribution in [3.63, 3.8) is 0 Å². The minimum Gasteiger partial charge on any atom is -0.379 e. The van der Waals surface area contributed by atoms with Crippen molar-refractivity contribution in [3.05, 3.63) is 0 Å². The van der Waals surface area contributed by atoms with Crippen molar-refractivity contribution in [1.29, 1.82) is 0 Å². The summed E-state index contributed by atoms with van der Waals surface area (Å²) in [4.78, 5) is 0. The number of halogens is 1. The van der Waals surface area contributed by atoms with Gasteiger partial charge in [-0.15, -0.1) is 11.6 Å². The topological polar surface area (TPSA) is 42.0 Å². The molecule has 0 N–H and O–H groups in total. The Labute approximate surface area is 107 Å². The van der Waals surface area contributed by atoms with Gasteiger partial charge in [0.15, 0.2) is 0 Å². The Kier molecular flexibility index (Phi) is 5.27. The van der Waals surface area contributed by atoms with E-state index in [0.717, 1.165) is 26.2 Å². The molecule has 2 saturated heterocycles. The van der Waals surface area contributed by atoms with Crippen molar-refractivity contribution >= 4 is 19.0 Å². The van der Waals surface area contributed by atoms with Gasteiger partial charge in [-0.25, -0.2) is 9.34 Å². The predicted octanol–water partition coefficient (Wildman–Crippen LogP) is 1.08. The molecule has 0 spiro atoms. The van der Waals surface area contributed by atoms with Crippen LogP contribution in [0.25, 0.3) is 0 Å². The Balaban J connectivity index is 2.08. The Morgan fingerprint density at radius 3 is 1.71 bits per heavy atom. The highest BCUT2D eigenvalue weighted by Crippen LogP contribution is 2.53. The maximum Gasteiger partial charge on any atom is 0.218 e. The first-order chi connectivity index (χ1) is 8.27. The minimum absolute atomic E-state index is 0.437. The zero-order chi connectivity index (χ0) is 12.1. The average Bonchev–Trinajstić information content (AvgIpc) is 2.41. The van der Waals surface area contributed by atoms with E-state index in [4.69, 9.17) is 21.1 Å². The van der Waals surface area contributed by atoms with E-state index in [1.165, 1.54) is 0 Å². The summed E-state index contributed by atoms with van der Waals surface area (Å²) in [7, 11) is -2.50. The second-order valence-electron chi connectivity index (χ2n) is 4.21. The molecule has 2 aliphatic rings. The van der Waals surface area contributed by atoms with E-state index in [9.17, 15) is 4.57 Å².